The Morgan fingerprint density at radius 1 is 1.05 bits per heavy atom. The third-order valence-corrected chi connectivity index (χ3v) is 11.0. The highest BCUT2D eigenvalue weighted by molar-refractivity contribution is 7.89. The topological polar surface area (TPSA) is 122 Å². The van der Waals surface area contributed by atoms with Gasteiger partial charge < -0.3 is 14.6 Å². The van der Waals surface area contributed by atoms with Crippen molar-refractivity contribution in [2.24, 2.45) is 30.7 Å². The predicted octanol–water partition coefficient (Wildman–Crippen LogP) is 3.10. The van der Waals surface area contributed by atoms with Gasteiger partial charge >= 0.3 is 5.76 Å². The molecule has 2 amide bonds. The van der Waals surface area contributed by atoms with Crippen molar-refractivity contribution in [3.63, 3.8) is 0 Å². The number of hydrogen-bond donors (Lipinski definition) is 1. The molecule has 3 aliphatic rings. The lowest BCUT2D eigenvalue weighted by atomic mass is 9.78. The summed E-state index contributed by atoms with van der Waals surface area (Å²) < 4.78 is 35.6. The standard InChI is InChI=1S/C29H42N4O6S/c1-18(2)23-10-8-19(3)12-28(35)33-16-20-13-21(24(33)6-5-7-27(34)30-23)17-32(15-20)40(37,38)22-9-11-25-26(14-22)39-29(36)31(25)4/h9,11,14,18-21,23-24H,5-8,10,12-13,15-17H2,1-4H3,(H,30,34)/t19-,20+,21-,23+,24+/m1/s1. The molecule has 1 N–H and O–H groups in total. The molecule has 40 heavy (non-hydrogen) atoms. The van der Waals surface area contributed by atoms with Crippen LogP contribution in [0.1, 0.15) is 65.7 Å². The SMILES string of the molecule is CC(C)[C@@H]1CC[C@@H](C)CC(=O)N2C[C@H]3C[C@H](CN(S(=O)(=O)c4ccc5c(c4)oc(=O)n5C)C3)[C@@H]2CCCC(=O)N1. The minimum absolute atomic E-state index is 0.00322. The van der Waals surface area contributed by atoms with Crippen molar-refractivity contribution in [1.29, 1.82) is 0 Å². The molecule has 10 nitrogen and oxygen atoms in total. The normalized spacial score (nSPS) is 29.4. The molecule has 1 aromatic carbocycles. The number of nitrogens with zero attached hydrogens (tertiary/aromatic N) is 3. The number of piperidine rings is 2. The van der Waals surface area contributed by atoms with Crippen LogP contribution in [0.15, 0.2) is 32.3 Å². The maximum atomic E-state index is 13.8. The summed E-state index contributed by atoms with van der Waals surface area (Å²) in [7, 11) is -2.25. The quantitative estimate of drug-likeness (QED) is 0.601. The highest BCUT2D eigenvalue weighted by atomic mass is 32.2. The highest BCUT2D eigenvalue weighted by Gasteiger charge is 2.45. The number of sulfonamides is 1. The van der Waals surface area contributed by atoms with Crippen LogP contribution < -0.4 is 11.1 Å². The van der Waals surface area contributed by atoms with Gasteiger partial charge in [-0.2, -0.15) is 4.31 Å². The average Bonchev–Trinajstić information content (AvgIpc) is 3.19. The molecule has 3 saturated heterocycles. The Morgan fingerprint density at radius 3 is 2.58 bits per heavy atom. The minimum atomic E-state index is -3.83. The molecule has 2 bridgehead atoms. The summed E-state index contributed by atoms with van der Waals surface area (Å²) in [6, 6.07) is 4.56. The zero-order chi connectivity index (χ0) is 28.8. The summed E-state index contributed by atoms with van der Waals surface area (Å²) in [6.07, 6.45) is 4.79. The molecular weight excluding hydrogens is 532 g/mol. The van der Waals surface area contributed by atoms with Crippen molar-refractivity contribution < 1.29 is 22.4 Å². The van der Waals surface area contributed by atoms with E-state index >= 15 is 0 Å². The molecule has 2 aromatic rings. The molecule has 5 rings (SSSR count). The lowest BCUT2D eigenvalue weighted by Gasteiger charge is -2.50. The first-order valence-electron chi connectivity index (χ1n) is 14.6. The zero-order valence-corrected chi connectivity index (χ0v) is 24.8. The monoisotopic (exact) mass is 574 g/mol. The van der Waals surface area contributed by atoms with Crippen molar-refractivity contribution in [3.8, 4) is 0 Å². The number of hydrogen-bond acceptors (Lipinski definition) is 6. The van der Waals surface area contributed by atoms with E-state index in [0.29, 0.717) is 56.8 Å². The van der Waals surface area contributed by atoms with Crippen LogP contribution in [-0.4, -0.2) is 65.7 Å². The summed E-state index contributed by atoms with van der Waals surface area (Å²) in [5.74, 6) is 0.236. The maximum Gasteiger partial charge on any atom is 0.419 e. The van der Waals surface area contributed by atoms with Crippen molar-refractivity contribution >= 4 is 32.9 Å². The summed E-state index contributed by atoms with van der Waals surface area (Å²) in [5, 5.41) is 3.21. The van der Waals surface area contributed by atoms with E-state index in [4.69, 9.17) is 4.42 Å². The first-order chi connectivity index (χ1) is 18.9. The number of fused-ring (bicyclic) bond motifs is 5. The largest absolute Gasteiger partial charge is 0.419 e. The van der Waals surface area contributed by atoms with Crippen molar-refractivity contribution in [3.05, 3.63) is 28.7 Å². The van der Waals surface area contributed by atoms with E-state index in [1.165, 1.54) is 16.7 Å². The van der Waals surface area contributed by atoms with Crippen LogP contribution in [0.3, 0.4) is 0 Å². The second-order valence-corrected chi connectivity index (χ2v) is 14.5. The van der Waals surface area contributed by atoms with Gasteiger partial charge in [0.05, 0.1) is 10.4 Å². The number of benzene rings is 1. The van der Waals surface area contributed by atoms with Crippen LogP contribution in [0.2, 0.25) is 0 Å². The number of aromatic nitrogens is 1. The number of nitrogens with one attached hydrogen (secondary N) is 1. The van der Waals surface area contributed by atoms with Gasteiger partial charge in [0.15, 0.2) is 5.58 Å². The van der Waals surface area contributed by atoms with Crippen LogP contribution in [0.4, 0.5) is 0 Å². The molecule has 11 heteroatoms. The lowest BCUT2D eigenvalue weighted by molar-refractivity contribution is -0.141. The third-order valence-electron chi connectivity index (χ3n) is 9.21. The van der Waals surface area contributed by atoms with Gasteiger partial charge in [-0.1, -0.05) is 20.8 Å². The van der Waals surface area contributed by atoms with Gasteiger partial charge in [0.2, 0.25) is 21.8 Å². The predicted molar refractivity (Wildman–Crippen MR) is 151 cm³/mol. The van der Waals surface area contributed by atoms with E-state index in [2.05, 4.69) is 26.1 Å². The van der Waals surface area contributed by atoms with E-state index in [9.17, 15) is 22.8 Å². The number of amides is 2. The zero-order valence-electron chi connectivity index (χ0n) is 24.0. The van der Waals surface area contributed by atoms with Gasteiger partial charge in [-0.3, -0.25) is 14.2 Å². The van der Waals surface area contributed by atoms with Crippen molar-refractivity contribution in [2.75, 3.05) is 19.6 Å². The lowest BCUT2D eigenvalue weighted by Crippen LogP contribution is -2.60. The van der Waals surface area contributed by atoms with Gasteiger partial charge in [0.1, 0.15) is 0 Å². The van der Waals surface area contributed by atoms with Crippen LogP contribution in [-0.2, 0) is 26.7 Å². The van der Waals surface area contributed by atoms with E-state index in [1.807, 2.05) is 4.90 Å². The average molecular weight is 575 g/mol. The maximum absolute atomic E-state index is 13.8. The number of oxazole rings is 1. The van der Waals surface area contributed by atoms with Crippen LogP contribution in [0.5, 0.6) is 0 Å². The summed E-state index contributed by atoms with van der Waals surface area (Å²) >= 11 is 0. The highest BCUT2D eigenvalue weighted by Crippen LogP contribution is 2.38. The molecule has 0 saturated carbocycles. The van der Waals surface area contributed by atoms with Crippen LogP contribution >= 0.6 is 0 Å². The Morgan fingerprint density at radius 2 is 1.82 bits per heavy atom. The molecule has 0 spiro atoms. The van der Waals surface area contributed by atoms with E-state index in [-0.39, 0.29) is 52.1 Å². The Bertz CT molecular complexity index is 1430. The molecule has 3 fully saturated rings. The number of carbonyl (C=O) groups excluding carboxylic acids is 2. The van der Waals surface area contributed by atoms with E-state index in [1.54, 1.807) is 17.4 Å². The minimum Gasteiger partial charge on any atom is -0.408 e. The molecule has 3 aliphatic heterocycles. The van der Waals surface area contributed by atoms with Crippen molar-refractivity contribution in [2.45, 2.75) is 82.7 Å². The Labute approximate surface area is 236 Å². The second-order valence-electron chi connectivity index (χ2n) is 12.6. The number of aryl methyl sites for hydroxylation is 1. The van der Waals surface area contributed by atoms with Gasteiger partial charge in [-0.05, 0) is 67.9 Å². The third kappa shape index (κ3) is 5.72. The first kappa shape index (κ1) is 28.9. The fraction of sp³-hybridized carbons (Fsp3) is 0.690. The summed E-state index contributed by atoms with van der Waals surface area (Å²) in [6.45, 7) is 7.55. The van der Waals surface area contributed by atoms with Crippen LogP contribution in [0.25, 0.3) is 11.1 Å². The number of rotatable bonds is 3. The molecule has 0 unspecified atom stereocenters. The molecule has 220 valence electrons. The van der Waals surface area contributed by atoms with E-state index < -0.39 is 15.8 Å². The molecule has 4 heterocycles. The Balaban J connectivity index is 1.37. The van der Waals surface area contributed by atoms with Gasteiger partial charge in [0, 0.05) is 57.7 Å². The fourth-order valence-electron chi connectivity index (χ4n) is 6.88. The second kappa shape index (κ2) is 11.3. The van der Waals surface area contributed by atoms with Crippen LogP contribution in [0, 0.1) is 23.7 Å². The molecule has 5 atom stereocenters. The smallest absolute Gasteiger partial charge is 0.408 e. The molecule has 0 radical (unpaired) electrons. The van der Waals surface area contributed by atoms with Gasteiger partial charge in [-0.25, -0.2) is 13.2 Å². The van der Waals surface area contributed by atoms with Crippen molar-refractivity contribution in [1.82, 2.24) is 19.1 Å². The van der Waals surface area contributed by atoms with Gasteiger partial charge in [0.25, 0.3) is 0 Å². The summed E-state index contributed by atoms with van der Waals surface area (Å²) in [4.78, 5) is 40.4. The Kier molecular flexibility index (Phi) is 8.16. The summed E-state index contributed by atoms with van der Waals surface area (Å²) in [5.41, 5.74) is 0.778. The molecule has 0 aliphatic carbocycles. The molecular formula is C29H42N4O6S. The molecule has 1 aromatic heterocycles. The van der Waals surface area contributed by atoms with E-state index in [0.717, 1.165) is 19.3 Å². The first-order valence-corrected chi connectivity index (χ1v) is 16.1. The number of carbonyl (C=O) groups is 2. The fourth-order valence-corrected chi connectivity index (χ4v) is 8.47. The Hall–Kier alpha value is -2.66. The van der Waals surface area contributed by atoms with Gasteiger partial charge in [-0.15, -0.1) is 0 Å².